The van der Waals surface area contributed by atoms with Crippen LogP contribution in [0.25, 0.3) is 0 Å². The number of anilines is 1. The molecule has 0 aromatic heterocycles. The predicted molar refractivity (Wildman–Crippen MR) is 46.0 cm³/mol. The lowest BCUT2D eigenvalue weighted by Gasteiger charge is -2.04. The van der Waals surface area contributed by atoms with Gasteiger partial charge in [0.15, 0.2) is 11.5 Å². The van der Waals surface area contributed by atoms with E-state index < -0.39 is 5.82 Å². The first kappa shape index (κ1) is 8.64. The molecule has 1 N–H and O–H groups in total. The molecule has 0 spiro atoms. The summed E-state index contributed by atoms with van der Waals surface area (Å²) in [6.45, 7) is 2.49. The highest BCUT2D eigenvalue weighted by molar-refractivity contribution is 5.65. The van der Waals surface area contributed by atoms with Crippen LogP contribution >= 0.6 is 0 Å². The van der Waals surface area contributed by atoms with Crippen LogP contribution in [0.3, 0.4) is 0 Å². The van der Waals surface area contributed by atoms with E-state index in [0.29, 0.717) is 12.2 Å². The van der Waals surface area contributed by atoms with Gasteiger partial charge in [0.2, 0.25) is 0 Å². The number of halogens is 1. The van der Waals surface area contributed by atoms with Gasteiger partial charge in [0, 0.05) is 6.54 Å². The summed E-state index contributed by atoms with van der Waals surface area (Å²) in [5, 5.41) is 5.44. The molecule has 64 valence electrons. The summed E-state index contributed by atoms with van der Waals surface area (Å²) in [5.74, 6) is -0.594. The number of benzene rings is 1. The molecule has 0 fully saturated rings. The molecule has 0 aliphatic rings. The quantitative estimate of drug-likeness (QED) is 0.705. The molecule has 1 rings (SSSR count). The molecule has 4 heteroatoms. The minimum Gasteiger partial charge on any atom is -0.383 e. The van der Waals surface area contributed by atoms with E-state index in [1.54, 1.807) is 6.07 Å². The lowest BCUT2D eigenvalue weighted by atomic mass is 10.2. The average molecular weight is 168 g/mol. The number of rotatable bonds is 3. The third-order valence-corrected chi connectivity index (χ3v) is 1.45. The molecular formula is C8H9FN2O. The molecule has 0 unspecified atom stereocenters. The highest BCUT2D eigenvalue weighted by atomic mass is 19.1. The lowest BCUT2D eigenvalue weighted by Crippen LogP contribution is -1.97. The molecule has 0 aliphatic carbocycles. The van der Waals surface area contributed by atoms with Gasteiger partial charge in [-0.3, -0.25) is 0 Å². The van der Waals surface area contributed by atoms with Gasteiger partial charge in [0.05, 0.1) is 5.69 Å². The minimum absolute atomic E-state index is 0.153. The Morgan fingerprint density at radius 2 is 2.33 bits per heavy atom. The number of hydrogen-bond acceptors (Lipinski definition) is 3. The smallest absolute Gasteiger partial charge is 0.166 e. The monoisotopic (exact) mass is 168 g/mol. The van der Waals surface area contributed by atoms with Gasteiger partial charge in [0.1, 0.15) is 0 Å². The van der Waals surface area contributed by atoms with Crippen molar-refractivity contribution >= 4 is 11.4 Å². The van der Waals surface area contributed by atoms with Crippen LogP contribution in [0, 0.1) is 10.7 Å². The molecular weight excluding hydrogens is 159 g/mol. The second kappa shape index (κ2) is 3.80. The van der Waals surface area contributed by atoms with Crippen molar-refractivity contribution in [1.82, 2.24) is 0 Å². The van der Waals surface area contributed by atoms with Crippen molar-refractivity contribution in [1.29, 1.82) is 0 Å². The number of nitrogens with zero attached hydrogens (tertiary/aromatic N) is 1. The van der Waals surface area contributed by atoms with E-state index >= 15 is 0 Å². The Balaban J connectivity index is 3.09. The molecule has 0 aliphatic heterocycles. The van der Waals surface area contributed by atoms with Crippen LogP contribution in [0.5, 0.6) is 0 Å². The summed E-state index contributed by atoms with van der Waals surface area (Å²) >= 11 is 0. The first-order valence-corrected chi connectivity index (χ1v) is 3.65. The van der Waals surface area contributed by atoms with Gasteiger partial charge in [-0.05, 0) is 24.2 Å². The summed E-state index contributed by atoms with van der Waals surface area (Å²) in [5.41, 5.74) is 0.284. The average Bonchev–Trinajstić information content (AvgIpc) is 2.05. The fourth-order valence-electron chi connectivity index (χ4n) is 0.941. The third kappa shape index (κ3) is 1.58. The maximum Gasteiger partial charge on any atom is 0.166 e. The zero-order chi connectivity index (χ0) is 8.97. The van der Waals surface area contributed by atoms with E-state index in [-0.39, 0.29) is 5.69 Å². The molecule has 0 atom stereocenters. The van der Waals surface area contributed by atoms with Gasteiger partial charge < -0.3 is 5.32 Å². The maximum absolute atomic E-state index is 12.8. The first-order valence-electron chi connectivity index (χ1n) is 3.65. The van der Waals surface area contributed by atoms with Gasteiger partial charge in [-0.25, -0.2) is 4.39 Å². The van der Waals surface area contributed by atoms with Crippen molar-refractivity contribution in [3.8, 4) is 0 Å². The summed E-state index contributed by atoms with van der Waals surface area (Å²) in [7, 11) is 0. The van der Waals surface area contributed by atoms with Crippen LogP contribution in [0.1, 0.15) is 6.92 Å². The van der Waals surface area contributed by atoms with Crippen molar-refractivity contribution < 1.29 is 4.39 Å². The number of nitrogens with one attached hydrogen (secondary N) is 1. The Morgan fingerprint density at radius 1 is 1.58 bits per heavy atom. The highest BCUT2D eigenvalue weighted by Gasteiger charge is 2.06. The van der Waals surface area contributed by atoms with E-state index in [4.69, 9.17) is 0 Å². The van der Waals surface area contributed by atoms with Crippen molar-refractivity contribution in [2.75, 3.05) is 11.9 Å². The fraction of sp³-hybridized carbons (Fsp3) is 0.250. The topological polar surface area (TPSA) is 41.5 Å². The molecule has 0 bridgehead atoms. The largest absolute Gasteiger partial charge is 0.383 e. The van der Waals surface area contributed by atoms with Crippen LogP contribution in [-0.4, -0.2) is 6.54 Å². The number of nitroso groups, excluding NO2 is 1. The van der Waals surface area contributed by atoms with Crippen LogP contribution in [0.4, 0.5) is 15.8 Å². The van der Waals surface area contributed by atoms with Gasteiger partial charge in [0.25, 0.3) is 0 Å². The predicted octanol–water partition coefficient (Wildman–Crippen LogP) is 2.66. The maximum atomic E-state index is 12.8. The molecule has 0 saturated heterocycles. The van der Waals surface area contributed by atoms with E-state index in [0.717, 1.165) is 0 Å². The Bertz CT molecular complexity index is 288. The van der Waals surface area contributed by atoms with Crippen molar-refractivity contribution in [3.05, 3.63) is 28.9 Å². The van der Waals surface area contributed by atoms with Crippen LogP contribution in [0.2, 0.25) is 0 Å². The van der Waals surface area contributed by atoms with Gasteiger partial charge in [-0.15, -0.1) is 4.91 Å². The first-order chi connectivity index (χ1) is 5.79. The molecule has 3 nitrogen and oxygen atoms in total. The Morgan fingerprint density at radius 3 is 2.92 bits per heavy atom. The standard InChI is InChI=1S/C8H9FN2O/c1-2-10-7-5-3-4-6(9)8(7)11-12/h3-5,10H,2H2,1H3. The third-order valence-electron chi connectivity index (χ3n) is 1.45. The second-order valence-corrected chi connectivity index (χ2v) is 2.26. The Kier molecular flexibility index (Phi) is 2.74. The van der Waals surface area contributed by atoms with Gasteiger partial charge >= 0.3 is 0 Å². The van der Waals surface area contributed by atoms with E-state index in [2.05, 4.69) is 10.5 Å². The Labute approximate surface area is 69.6 Å². The molecule has 0 amide bonds. The molecule has 12 heavy (non-hydrogen) atoms. The minimum atomic E-state index is -0.594. The molecule has 1 aromatic rings. The highest BCUT2D eigenvalue weighted by Crippen LogP contribution is 2.27. The van der Waals surface area contributed by atoms with Gasteiger partial charge in [-0.2, -0.15) is 0 Å². The van der Waals surface area contributed by atoms with Crippen molar-refractivity contribution in [2.45, 2.75) is 6.92 Å². The fourth-order valence-corrected chi connectivity index (χ4v) is 0.941. The molecule has 0 saturated carbocycles. The molecule has 0 radical (unpaired) electrons. The summed E-state index contributed by atoms with van der Waals surface area (Å²) in [6, 6.07) is 4.35. The molecule has 1 aromatic carbocycles. The van der Waals surface area contributed by atoms with Crippen molar-refractivity contribution in [3.63, 3.8) is 0 Å². The normalized spacial score (nSPS) is 9.50. The zero-order valence-corrected chi connectivity index (χ0v) is 6.67. The Hall–Kier alpha value is -1.45. The van der Waals surface area contributed by atoms with E-state index in [1.807, 2.05) is 6.92 Å². The second-order valence-electron chi connectivity index (χ2n) is 2.26. The lowest BCUT2D eigenvalue weighted by molar-refractivity contribution is 0.630. The SMILES string of the molecule is CCNc1cccc(F)c1N=O. The van der Waals surface area contributed by atoms with Crippen molar-refractivity contribution in [2.24, 2.45) is 5.18 Å². The summed E-state index contributed by atoms with van der Waals surface area (Å²) in [4.78, 5) is 10.2. The zero-order valence-electron chi connectivity index (χ0n) is 6.67. The van der Waals surface area contributed by atoms with Crippen LogP contribution in [0.15, 0.2) is 23.4 Å². The van der Waals surface area contributed by atoms with E-state index in [9.17, 15) is 9.30 Å². The summed E-state index contributed by atoms with van der Waals surface area (Å²) < 4.78 is 12.8. The van der Waals surface area contributed by atoms with E-state index in [1.165, 1.54) is 12.1 Å². The van der Waals surface area contributed by atoms with Crippen LogP contribution in [-0.2, 0) is 0 Å². The molecule has 0 heterocycles. The van der Waals surface area contributed by atoms with Crippen LogP contribution < -0.4 is 5.32 Å². The summed E-state index contributed by atoms with van der Waals surface area (Å²) in [6.07, 6.45) is 0. The van der Waals surface area contributed by atoms with Gasteiger partial charge in [-0.1, -0.05) is 6.07 Å². The number of hydrogen-bond donors (Lipinski definition) is 1.